The first-order valence-corrected chi connectivity index (χ1v) is 8.41. The minimum Gasteiger partial charge on any atom is -0.313 e. The maximum Gasteiger partial charge on any atom is 0.0931 e. The van der Waals surface area contributed by atoms with Crippen LogP contribution in [0.5, 0.6) is 0 Å². The molecule has 1 nitrogen and oxygen atoms in total. The molecule has 1 saturated carbocycles. The van der Waals surface area contributed by atoms with E-state index in [0.717, 1.165) is 10.9 Å². The molecule has 0 bridgehead atoms. The van der Waals surface area contributed by atoms with E-state index in [0.29, 0.717) is 17.4 Å². The van der Waals surface area contributed by atoms with Crippen molar-refractivity contribution in [3.8, 4) is 0 Å². The molecule has 18 heavy (non-hydrogen) atoms. The van der Waals surface area contributed by atoms with Gasteiger partial charge in [-0.05, 0) is 60.6 Å². The van der Waals surface area contributed by atoms with Gasteiger partial charge in [0, 0.05) is 6.04 Å². The molecule has 1 aliphatic rings. The lowest BCUT2D eigenvalue weighted by molar-refractivity contribution is 0.0204. The van der Waals surface area contributed by atoms with Crippen LogP contribution >= 0.6 is 22.9 Å². The van der Waals surface area contributed by atoms with Gasteiger partial charge >= 0.3 is 0 Å². The second-order valence-corrected chi connectivity index (χ2v) is 6.96. The molecule has 0 amide bonds. The van der Waals surface area contributed by atoms with Gasteiger partial charge in [0.1, 0.15) is 0 Å². The van der Waals surface area contributed by atoms with Crippen molar-refractivity contribution in [3.63, 3.8) is 0 Å². The highest BCUT2D eigenvalue weighted by Crippen LogP contribution is 2.57. The highest BCUT2D eigenvalue weighted by Gasteiger charge is 2.52. The van der Waals surface area contributed by atoms with Crippen molar-refractivity contribution in [2.24, 2.45) is 5.41 Å². The fraction of sp³-hybridized carbons (Fsp3) is 0.733. The van der Waals surface area contributed by atoms with Crippen LogP contribution in [-0.2, 0) is 0 Å². The van der Waals surface area contributed by atoms with Crippen LogP contribution in [0.1, 0.15) is 57.9 Å². The van der Waals surface area contributed by atoms with E-state index in [1.807, 2.05) is 0 Å². The van der Waals surface area contributed by atoms with Gasteiger partial charge in [0.15, 0.2) is 0 Å². The summed E-state index contributed by atoms with van der Waals surface area (Å²) in [5, 5.41) is 5.99. The molecule has 2 rings (SSSR count). The van der Waals surface area contributed by atoms with E-state index in [2.05, 4.69) is 37.5 Å². The van der Waals surface area contributed by atoms with Crippen LogP contribution in [0.25, 0.3) is 0 Å². The SMILES string of the molecule is CCCNC1CC(c2csc(Cl)c2)C1(CC)CC. The third-order valence-corrected chi connectivity index (χ3v) is 5.92. The van der Waals surface area contributed by atoms with Crippen LogP contribution < -0.4 is 5.32 Å². The van der Waals surface area contributed by atoms with Crippen molar-refractivity contribution in [2.45, 2.75) is 58.4 Å². The summed E-state index contributed by atoms with van der Waals surface area (Å²) >= 11 is 7.76. The van der Waals surface area contributed by atoms with Crippen LogP contribution in [0, 0.1) is 5.41 Å². The Morgan fingerprint density at radius 2 is 2.11 bits per heavy atom. The Morgan fingerprint density at radius 1 is 1.39 bits per heavy atom. The fourth-order valence-corrected chi connectivity index (χ4v) is 4.55. The molecule has 0 aromatic carbocycles. The summed E-state index contributed by atoms with van der Waals surface area (Å²) in [6, 6.07) is 2.86. The molecule has 102 valence electrons. The smallest absolute Gasteiger partial charge is 0.0931 e. The maximum atomic E-state index is 6.09. The third kappa shape index (κ3) is 2.35. The van der Waals surface area contributed by atoms with E-state index in [9.17, 15) is 0 Å². The molecule has 2 unspecified atom stereocenters. The van der Waals surface area contributed by atoms with E-state index < -0.39 is 0 Å². The lowest BCUT2D eigenvalue weighted by Crippen LogP contribution is -2.58. The lowest BCUT2D eigenvalue weighted by Gasteiger charge is -2.56. The van der Waals surface area contributed by atoms with Crippen molar-refractivity contribution in [1.82, 2.24) is 5.32 Å². The van der Waals surface area contributed by atoms with Crippen LogP contribution in [0.2, 0.25) is 4.34 Å². The molecule has 3 heteroatoms. The van der Waals surface area contributed by atoms with Crippen molar-refractivity contribution in [2.75, 3.05) is 6.54 Å². The first-order chi connectivity index (χ1) is 8.67. The predicted molar refractivity (Wildman–Crippen MR) is 81.8 cm³/mol. The molecule has 1 aliphatic carbocycles. The zero-order valence-electron chi connectivity index (χ0n) is 11.6. The normalized spacial score (nSPS) is 26.0. The number of thiophene rings is 1. The first kappa shape index (κ1) is 14.4. The summed E-state index contributed by atoms with van der Waals surface area (Å²) < 4.78 is 0.927. The minimum absolute atomic E-state index is 0.444. The summed E-state index contributed by atoms with van der Waals surface area (Å²) in [6.45, 7) is 8.05. The highest BCUT2D eigenvalue weighted by molar-refractivity contribution is 7.14. The Morgan fingerprint density at radius 3 is 2.61 bits per heavy atom. The quantitative estimate of drug-likeness (QED) is 0.770. The highest BCUT2D eigenvalue weighted by atomic mass is 35.5. The summed E-state index contributed by atoms with van der Waals surface area (Å²) in [7, 11) is 0. The van der Waals surface area contributed by atoms with Crippen LogP contribution in [0.3, 0.4) is 0 Å². The van der Waals surface area contributed by atoms with Gasteiger partial charge in [-0.3, -0.25) is 0 Å². The van der Waals surface area contributed by atoms with Gasteiger partial charge in [-0.1, -0.05) is 32.4 Å². The van der Waals surface area contributed by atoms with Crippen molar-refractivity contribution >= 4 is 22.9 Å². The Hall–Kier alpha value is -0.0500. The van der Waals surface area contributed by atoms with E-state index in [1.54, 1.807) is 11.3 Å². The molecular formula is C15H24ClNS. The minimum atomic E-state index is 0.444. The Balaban J connectivity index is 2.13. The number of hydrogen-bond donors (Lipinski definition) is 1. The zero-order chi connectivity index (χ0) is 13.2. The number of nitrogens with one attached hydrogen (secondary N) is 1. The molecule has 1 N–H and O–H groups in total. The van der Waals surface area contributed by atoms with Crippen molar-refractivity contribution in [3.05, 3.63) is 21.3 Å². The van der Waals surface area contributed by atoms with Crippen molar-refractivity contribution in [1.29, 1.82) is 0 Å². The van der Waals surface area contributed by atoms with E-state index in [1.165, 1.54) is 31.2 Å². The maximum absolute atomic E-state index is 6.09. The topological polar surface area (TPSA) is 12.0 Å². The molecule has 2 atom stereocenters. The third-order valence-electron chi connectivity index (χ3n) is 4.81. The molecule has 0 spiro atoms. The standard InChI is InChI=1S/C15H24ClNS/c1-4-7-17-13-9-12(15(13,5-2)6-3)11-8-14(16)18-10-11/h8,10,12-13,17H,4-7,9H2,1-3H3. The van der Waals surface area contributed by atoms with Gasteiger partial charge in [-0.25, -0.2) is 0 Å². The summed E-state index contributed by atoms with van der Waals surface area (Å²) in [4.78, 5) is 0. The van der Waals surface area contributed by atoms with Gasteiger partial charge in [0.25, 0.3) is 0 Å². The molecule has 1 heterocycles. The largest absolute Gasteiger partial charge is 0.313 e. The number of rotatable bonds is 6. The van der Waals surface area contributed by atoms with Gasteiger partial charge in [-0.2, -0.15) is 0 Å². The van der Waals surface area contributed by atoms with Crippen LogP contribution in [0.15, 0.2) is 11.4 Å². The van der Waals surface area contributed by atoms with Gasteiger partial charge in [0.05, 0.1) is 4.34 Å². The summed E-state index contributed by atoms with van der Waals surface area (Å²) in [5.41, 5.74) is 1.91. The monoisotopic (exact) mass is 285 g/mol. The van der Waals surface area contributed by atoms with Gasteiger partial charge in [-0.15, -0.1) is 11.3 Å². The van der Waals surface area contributed by atoms with E-state index in [4.69, 9.17) is 11.6 Å². The molecule has 1 fully saturated rings. The molecule has 0 radical (unpaired) electrons. The van der Waals surface area contributed by atoms with Crippen LogP contribution in [-0.4, -0.2) is 12.6 Å². The van der Waals surface area contributed by atoms with Gasteiger partial charge < -0.3 is 5.32 Å². The van der Waals surface area contributed by atoms with E-state index in [-0.39, 0.29) is 0 Å². The fourth-order valence-electron chi connectivity index (χ4n) is 3.60. The van der Waals surface area contributed by atoms with Gasteiger partial charge in [0.2, 0.25) is 0 Å². The lowest BCUT2D eigenvalue weighted by atomic mass is 9.52. The zero-order valence-corrected chi connectivity index (χ0v) is 13.2. The summed E-state index contributed by atoms with van der Waals surface area (Å²) in [6.07, 6.45) is 5.00. The Kier molecular flexibility index (Phi) is 4.74. The summed E-state index contributed by atoms with van der Waals surface area (Å²) in [5.74, 6) is 0.700. The number of halogens is 1. The van der Waals surface area contributed by atoms with Crippen LogP contribution in [0.4, 0.5) is 0 Å². The average Bonchev–Trinajstić information content (AvgIpc) is 2.76. The molecule has 1 aromatic rings. The van der Waals surface area contributed by atoms with Crippen molar-refractivity contribution < 1.29 is 0 Å². The first-order valence-electron chi connectivity index (χ1n) is 7.15. The molecular weight excluding hydrogens is 262 g/mol. The molecule has 0 aliphatic heterocycles. The predicted octanol–water partition coefficient (Wildman–Crippen LogP) is 5.06. The second kappa shape index (κ2) is 5.94. The average molecular weight is 286 g/mol. The van der Waals surface area contributed by atoms with E-state index >= 15 is 0 Å². The second-order valence-electron chi connectivity index (χ2n) is 5.42. The number of hydrogen-bond acceptors (Lipinski definition) is 2. The Bertz CT molecular complexity index is 384. The molecule has 1 aromatic heterocycles. The molecule has 0 saturated heterocycles. The Labute approximate surface area is 120 Å².